The van der Waals surface area contributed by atoms with E-state index in [1.807, 2.05) is 0 Å². The van der Waals surface area contributed by atoms with Crippen LogP contribution in [0, 0.1) is 11.8 Å². The molecule has 0 bridgehead atoms. The van der Waals surface area contributed by atoms with Gasteiger partial charge in [0.05, 0.1) is 0 Å². The first-order chi connectivity index (χ1) is 6.61. The Bertz CT molecular complexity index is 208. The van der Waals surface area contributed by atoms with Crippen LogP contribution in [-0.4, -0.2) is 10.5 Å². The molecule has 1 saturated carbocycles. The second kappa shape index (κ2) is 5.72. The number of carbonyl (C=O) groups excluding carboxylic acids is 2. The third kappa shape index (κ3) is 3.58. The topological polar surface area (TPSA) is 34.1 Å². The molecule has 2 nitrogen and oxygen atoms in total. The van der Waals surface area contributed by atoms with Gasteiger partial charge in [-0.3, -0.25) is 9.59 Å². The summed E-state index contributed by atoms with van der Waals surface area (Å²) in [5, 5.41) is -1.23. The summed E-state index contributed by atoms with van der Waals surface area (Å²) in [5.41, 5.74) is 0. The normalized spacial score (nSPS) is 18.5. The highest BCUT2D eigenvalue weighted by Crippen LogP contribution is 2.30. The average Bonchev–Trinajstić information content (AvgIpc) is 2.15. The predicted octanol–water partition coefficient (Wildman–Crippen LogP) is 3.10. The SMILES string of the molecule is O=C(Cl)C(CC1CCCCC1)C(=O)Cl. The lowest BCUT2D eigenvalue weighted by Crippen LogP contribution is -2.21. The Morgan fingerprint density at radius 2 is 1.57 bits per heavy atom. The van der Waals surface area contributed by atoms with Gasteiger partial charge in [0.1, 0.15) is 5.92 Å². The van der Waals surface area contributed by atoms with E-state index in [4.69, 9.17) is 23.2 Å². The van der Waals surface area contributed by atoms with E-state index in [-0.39, 0.29) is 0 Å². The van der Waals surface area contributed by atoms with Crippen molar-refractivity contribution < 1.29 is 9.59 Å². The highest BCUT2D eigenvalue weighted by atomic mass is 35.5. The Balaban J connectivity index is 2.45. The summed E-state index contributed by atoms with van der Waals surface area (Å²) in [6.45, 7) is 0. The zero-order valence-corrected chi connectivity index (χ0v) is 9.48. The predicted molar refractivity (Wildman–Crippen MR) is 56.4 cm³/mol. The zero-order chi connectivity index (χ0) is 10.6. The van der Waals surface area contributed by atoms with Gasteiger partial charge in [-0.05, 0) is 35.5 Å². The summed E-state index contributed by atoms with van der Waals surface area (Å²) >= 11 is 10.6. The number of hydrogen-bond acceptors (Lipinski definition) is 2. The maximum atomic E-state index is 10.9. The first-order valence-corrected chi connectivity index (χ1v) is 5.75. The Hall–Kier alpha value is -0.0800. The molecule has 0 unspecified atom stereocenters. The van der Waals surface area contributed by atoms with Crippen molar-refractivity contribution in [1.29, 1.82) is 0 Å². The average molecular weight is 237 g/mol. The number of rotatable bonds is 4. The van der Waals surface area contributed by atoms with E-state index < -0.39 is 16.4 Å². The molecule has 80 valence electrons. The minimum absolute atomic E-state index is 0.444. The Morgan fingerprint density at radius 3 is 2.00 bits per heavy atom. The molecule has 0 aromatic heterocycles. The molecule has 0 amide bonds. The Labute approximate surface area is 93.9 Å². The molecule has 1 aliphatic rings. The quantitative estimate of drug-likeness (QED) is 0.556. The van der Waals surface area contributed by atoms with Gasteiger partial charge >= 0.3 is 0 Å². The molecule has 1 fully saturated rings. The van der Waals surface area contributed by atoms with Gasteiger partial charge in [-0.1, -0.05) is 32.1 Å². The van der Waals surface area contributed by atoms with Crippen molar-refractivity contribution in [2.24, 2.45) is 11.8 Å². The highest BCUT2D eigenvalue weighted by Gasteiger charge is 2.27. The van der Waals surface area contributed by atoms with Gasteiger partial charge in [0.25, 0.3) is 0 Å². The molecule has 1 rings (SSSR count). The van der Waals surface area contributed by atoms with E-state index in [0.717, 1.165) is 12.8 Å². The summed E-state index contributed by atoms with van der Waals surface area (Å²) in [7, 11) is 0. The number of carbonyl (C=O) groups is 2. The minimum atomic E-state index is -0.790. The molecule has 0 saturated heterocycles. The third-order valence-corrected chi connectivity index (χ3v) is 3.37. The van der Waals surface area contributed by atoms with Crippen molar-refractivity contribution >= 4 is 33.7 Å². The minimum Gasteiger partial charge on any atom is -0.280 e. The standard InChI is InChI=1S/C10H14Cl2O2/c11-9(13)8(10(12)14)6-7-4-2-1-3-5-7/h7-8H,1-6H2. The number of hydrogen-bond donors (Lipinski definition) is 0. The molecule has 0 aromatic carbocycles. The molecular formula is C10H14Cl2O2. The van der Waals surface area contributed by atoms with E-state index >= 15 is 0 Å². The molecular weight excluding hydrogens is 223 g/mol. The van der Waals surface area contributed by atoms with Crippen LogP contribution in [0.4, 0.5) is 0 Å². The van der Waals surface area contributed by atoms with Gasteiger partial charge in [-0.2, -0.15) is 0 Å². The van der Waals surface area contributed by atoms with Gasteiger partial charge in [0, 0.05) is 0 Å². The van der Waals surface area contributed by atoms with Crippen LogP contribution >= 0.6 is 23.2 Å². The van der Waals surface area contributed by atoms with Crippen LogP contribution in [0.15, 0.2) is 0 Å². The van der Waals surface area contributed by atoms with Crippen molar-refractivity contribution in [3.8, 4) is 0 Å². The Kier molecular flexibility index (Phi) is 4.90. The maximum Gasteiger partial charge on any atom is 0.233 e. The van der Waals surface area contributed by atoms with Gasteiger partial charge in [0.2, 0.25) is 10.5 Å². The fraction of sp³-hybridized carbons (Fsp3) is 0.800. The molecule has 0 aliphatic heterocycles. The molecule has 14 heavy (non-hydrogen) atoms. The summed E-state index contributed by atoms with van der Waals surface area (Å²) in [5.74, 6) is -0.347. The molecule has 0 radical (unpaired) electrons. The maximum absolute atomic E-state index is 10.9. The monoisotopic (exact) mass is 236 g/mol. The summed E-state index contributed by atoms with van der Waals surface area (Å²) in [6, 6.07) is 0. The van der Waals surface area contributed by atoms with Crippen molar-refractivity contribution in [1.82, 2.24) is 0 Å². The van der Waals surface area contributed by atoms with E-state index in [1.165, 1.54) is 19.3 Å². The fourth-order valence-electron chi connectivity index (χ4n) is 2.03. The first kappa shape index (κ1) is 12.0. The third-order valence-electron chi connectivity index (χ3n) is 2.84. The second-order valence-electron chi connectivity index (χ2n) is 3.90. The largest absolute Gasteiger partial charge is 0.280 e. The molecule has 1 aliphatic carbocycles. The van der Waals surface area contributed by atoms with Gasteiger partial charge in [0.15, 0.2) is 0 Å². The summed E-state index contributed by atoms with van der Waals surface area (Å²) in [4.78, 5) is 21.8. The van der Waals surface area contributed by atoms with Crippen molar-refractivity contribution in [3.63, 3.8) is 0 Å². The summed E-state index contributed by atoms with van der Waals surface area (Å²) < 4.78 is 0. The molecule has 0 aromatic rings. The van der Waals surface area contributed by atoms with Gasteiger partial charge in [-0.15, -0.1) is 0 Å². The molecule has 0 N–H and O–H groups in total. The van der Waals surface area contributed by atoms with Gasteiger partial charge in [-0.25, -0.2) is 0 Å². The van der Waals surface area contributed by atoms with Crippen LogP contribution in [0.25, 0.3) is 0 Å². The van der Waals surface area contributed by atoms with Crippen LogP contribution < -0.4 is 0 Å². The van der Waals surface area contributed by atoms with Crippen LogP contribution in [0.2, 0.25) is 0 Å². The van der Waals surface area contributed by atoms with Gasteiger partial charge < -0.3 is 0 Å². The van der Waals surface area contributed by atoms with E-state index in [2.05, 4.69) is 0 Å². The fourth-order valence-corrected chi connectivity index (χ4v) is 2.46. The lowest BCUT2D eigenvalue weighted by atomic mass is 9.83. The van der Waals surface area contributed by atoms with Crippen LogP contribution in [0.1, 0.15) is 38.5 Å². The highest BCUT2D eigenvalue weighted by molar-refractivity contribution is 6.73. The first-order valence-electron chi connectivity index (χ1n) is 5.00. The van der Waals surface area contributed by atoms with E-state index in [0.29, 0.717) is 12.3 Å². The second-order valence-corrected chi connectivity index (χ2v) is 4.65. The number of halogens is 2. The van der Waals surface area contributed by atoms with Crippen molar-refractivity contribution in [2.45, 2.75) is 38.5 Å². The lowest BCUT2D eigenvalue weighted by Gasteiger charge is -2.23. The van der Waals surface area contributed by atoms with Crippen LogP contribution in [0.5, 0.6) is 0 Å². The molecule has 0 heterocycles. The Morgan fingerprint density at radius 1 is 1.07 bits per heavy atom. The molecule has 4 heteroatoms. The molecule has 0 spiro atoms. The van der Waals surface area contributed by atoms with E-state index in [1.54, 1.807) is 0 Å². The van der Waals surface area contributed by atoms with Crippen molar-refractivity contribution in [2.75, 3.05) is 0 Å². The zero-order valence-electron chi connectivity index (χ0n) is 7.97. The van der Waals surface area contributed by atoms with Crippen molar-refractivity contribution in [3.05, 3.63) is 0 Å². The van der Waals surface area contributed by atoms with Crippen LogP contribution in [0.3, 0.4) is 0 Å². The lowest BCUT2D eigenvalue weighted by molar-refractivity contribution is -0.124. The smallest absolute Gasteiger partial charge is 0.233 e. The molecule has 0 atom stereocenters. The summed E-state index contributed by atoms with van der Waals surface area (Å²) in [6.07, 6.45) is 6.33. The van der Waals surface area contributed by atoms with Crippen LogP contribution in [-0.2, 0) is 9.59 Å². The van der Waals surface area contributed by atoms with E-state index in [9.17, 15) is 9.59 Å².